The Bertz CT molecular complexity index is 1010. The zero-order valence-electron chi connectivity index (χ0n) is 17.3. The summed E-state index contributed by atoms with van der Waals surface area (Å²) in [6.07, 6.45) is 1.51. The van der Waals surface area contributed by atoms with Crippen LogP contribution in [0.25, 0.3) is 6.08 Å². The van der Waals surface area contributed by atoms with E-state index >= 15 is 0 Å². The van der Waals surface area contributed by atoms with Gasteiger partial charge >= 0.3 is 5.97 Å². The number of methoxy groups -OCH3 is 2. The van der Waals surface area contributed by atoms with Gasteiger partial charge in [0.25, 0.3) is 5.91 Å². The topological polar surface area (TPSA) is 111 Å². The highest BCUT2D eigenvalue weighted by atomic mass is 16.5. The number of ether oxygens (including phenoxy) is 4. The maximum atomic E-state index is 12.6. The summed E-state index contributed by atoms with van der Waals surface area (Å²) in [4.78, 5) is 25.6. The molecule has 2 aromatic rings. The molecule has 31 heavy (non-hydrogen) atoms. The molecule has 1 aromatic heterocycles. The normalized spacial score (nSPS) is 14.0. The summed E-state index contributed by atoms with van der Waals surface area (Å²) in [7, 11) is 2.76. The number of carbonyl (C=O) groups is 2. The molecule has 1 aliphatic heterocycles. The molecule has 1 amide bonds. The van der Waals surface area contributed by atoms with Gasteiger partial charge in [-0.2, -0.15) is 5.26 Å². The minimum absolute atomic E-state index is 0.0311. The predicted molar refractivity (Wildman–Crippen MR) is 108 cm³/mol. The Morgan fingerprint density at radius 1 is 1.16 bits per heavy atom. The first-order valence-electron chi connectivity index (χ1n) is 9.52. The molecule has 0 atom stereocenters. The fourth-order valence-electron chi connectivity index (χ4n) is 2.95. The highest BCUT2D eigenvalue weighted by Gasteiger charge is 2.21. The van der Waals surface area contributed by atoms with Gasteiger partial charge in [0, 0.05) is 13.1 Å². The molecular weight excluding hydrogens is 404 g/mol. The van der Waals surface area contributed by atoms with Gasteiger partial charge in [-0.3, -0.25) is 4.79 Å². The molecule has 9 heteroatoms. The van der Waals surface area contributed by atoms with Gasteiger partial charge in [-0.1, -0.05) is 6.07 Å². The molecule has 1 saturated heterocycles. The maximum absolute atomic E-state index is 12.6. The Labute approximate surface area is 179 Å². The quantitative estimate of drug-likeness (QED) is 0.377. The van der Waals surface area contributed by atoms with Crippen LogP contribution in [0.3, 0.4) is 0 Å². The van der Waals surface area contributed by atoms with E-state index in [1.54, 1.807) is 29.2 Å². The van der Waals surface area contributed by atoms with Crippen molar-refractivity contribution in [2.75, 3.05) is 40.5 Å². The second-order valence-electron chi connectivity index (χ2n) is 6.53. The number of benzene rings is 1. The van der Waals surface area contributed by atoms with Crippen molar-refractivity contribution in [2.45, 2.75) is 6.61 Å². The van der Waals surface area contributed by atoms with E-state index in [1.165, 1.54) is 26.4 Å². The summed E-state index contributed by atoms with van der Waals surface area (Å²) in [5.41, 5.74) is 0.650. The van der Waals surface area contributed by atoms with Crippen LogP contribution < -0.4 is 9.47 Å². The smallest absolute Gasteiger partial charge is 0.373 e. The van der Waals surface area contributed by atoms with Crippen molar-refractivity contribution in [2.24, 2.45) is 0 Å². The molecule has 0 bridgehead atoms. The third-order valence-electron chi connectivity index (χ3n) is 4.57. The van der Waals surface area contributed by atoms with Crippen LogP contribution in [-0.2, 0) is 20.9 Å². The van der Waals surface area contributed by atoms with Crippen LogP contribution in [0.15, 0.2) is 40.3 Å². The minimum atomic E-state index is -0.570. The molecule has 3 rings (SSSR count). The second-order valence-corrected chi connectivity index (χ2v) is 6.53. The summed E-state index contributed by atoms with van der Waals surface area (Å²) in [5, 5.41) is 9.44. The minimum Gasteiger partial charge on any atom is -0.493 e. The summed E-state index contributed by atoms with van der Waals surface area (Å²) in [6.45, 7) is 1.90. The molecule has 0 N–H and O–H groups in total. The molecule has 0 unspecified atom stereocenters. The number of rotatable bonds is 7. The average molecular weight is 426 g/mol. The number of hydrogen-bond acceptors (Lipinski definition) is 8. The summed E-state index contributed by atoms with van der Waals surface area (Å²) in [5.74, 6) is 0.485. The first-order chi connectivity index (χ1) is 15.0. The molecule has 2 heterocycles. The number of nitrogens with zero attached hydrogens (tertiary/aromatic N) is 2. The van der Waals surface area contributed by atoms with E-state index in [4.69, 9.17) is 18.6 Å². The second kappa shape index (κ2) is 10.3. The van der Waals surface area contributed by atoms with Crippen molar-refractivity contribution in [3.63, 3.8) is 0 Å². The van der Waals surface area contributed by atoms with Gasteiger partial charge in [-0.15, -0.1) is 0 Å². The van der Waals surface area contributed by atoms with Crippen LogP contribution in [-0.4, -0.2) is 57.3 Å². The van der Waals surface area contributed by atoms with Gasteiger partial charge in [0.1, 0.15) is 24.0 Å². The van der Waals surface area contributed by atoms with Crippen molar-refractivity contribution in [3.8, 4) is 17.6 Å². The van der Waals surface area contributed by atoms with Crippen molar-refractivity contribution in [1.29, 1.82) is 5.26 Å². The van der Waals surface area contributed by atoms with Crippen LogP contribution in [0.4, 0.5) is 0 Å². The standard InChI is InChI=1S/C22H22N2O7/c1-27-20-12-15(11-16(13-23)21(25)24-7-9-29-10-8-24)3-5-18(20)30-14-17-4-6-19(31-17)22(26)28-2/h3-6,11-12H,7-10,14H2,1-2H3/b16-11+. The van der Waals surface area contributed by atoms with E-state index in [-0.39, 0.29) is 23.8 Å². The lowest BCUT2D eigenvalue weighted by molar-refractivity contribution is -0.130. The Morgan fingerprint density at radius 3 is 2.61 bits per heavy atom. The Hall–Kier alpha value is -3.77. The van der Waals surface area contributed by atoms with Crippen molar-refractivity contribution in [3.05, 3.63) is 53.0 Å². The first kappa shape index (κ1) is 21.9. The van der Waals surface area contributed by atoms with E-state index in [1.807, 2.05) is 6.07 Å². The molecule has 0 spiro atoms. The fourth-order valence-corrected chi connectivity index (χ4v) is 2.95. The van der Waals surface area contributed by atoms with E-state index < -0.39 is 5.97 Å². The number of carbonyl (C=O) groups excluding carboxylic acids is 2. The molecule has 1 aliphatic rings. The molecule has 162 valence electrons. The van der Waals surface area contributed by atoms with Gasteiger partial charge in [-0.05, 0) is 35.9 Å². The molecular formula is C22H22N2O7. The SMILES string of the molecule is COC(=O)c1ccc(COc2ccc(/C=C(\C#N)C(=O)N3CCOCC3)cc2OC)o1. The number of nitriles is 1. The number of furan rings is 1. The zero-order chi connectivity index (χ0) is 22.2. The van der Waals surface area contributed by atoms with E-state index in [2.05, 4.69) is 4.74 Å². The zero-order valence-corrected chi connectivity index (χ0v) is 17.3. The number of esters is 1. The number of hydrogen-bond donors (Lipinski definition) is 0. The average Bonchev–Trinajstić information content (AvgIpc) is 3.30. The van der Waals surface area contributed by atoms with Gasteiger partial charge in [0.05, 0.1) is 27.4 Å². The Balaban J connectivity index is 1.72. The highest BCUT2D eigenvalue weighted by Crippen LogP contribution is 2.30. The largest absolute Gasteiger partial charge is 0.493 e. The Kier molecular flexibility index (Phi) is 7.30. The van der Waals surface area contributed by atoms with Crippen LogP contribution in [0.1, 0.15) is 21.9 Å². The van der Waals surface area contributed by atoms with Crippen LogP contribution >= 0.6 is 0 Å². The van der Waals surface area contributed by atoms with Crippen molar-refractivity contribution >= 4 is 18.0 Å². The van der Waals surface area contributed by atoms with Crippen LogP contribution in [0.5, 0.6) is 11.5 Å². The van der Waals surface area contributed by atoms with E-state index in [9.17, 15) is 14.9 Å². The summed E-state index contributed by atoms with van der Waals surface area (Å²) >= 11 is 0. The molecule has 1 fully saturated rings. The maximum Gasteiger partial charge on any atom is 0.373 e. The van der Waals surface area contributed by atoms with E-state index in [0.29, 0.717) is 49.1 Å². The van der Waals surface area contributed by atoms with Crippen LogP contribution in [0, 0.1) is 11.3 Å². The third-order valence-corrected chi connectivity index (χ3v) is 4.57. The van der Waals surface area contributed by atoms with Gasteiger partial charge in [0.15, 0.2) is 11.5 Å². The molecule has 9 nitrogen and oxygen atoms in total. The summed E-state index contributed by atoms with van der Waals surface area (Å²) in [6, 6.07) is 10.1. The molecule has 0 aliphatic carbocycles. The summed E-state index contributed by atoms with van der Waals surface area (Å²) < 4.78 is 26.3. The van der Waals surface area contributed by atoms with Crippen molar-refractivity contribution in [1.82, 2.24) is 4.90 Å². The van der Waals surface area contributed by atoms with Crippen molar-refractivity contribution < 1.29 is 33.0 Å². The lowest BCUT2D eigenvalue weighted by Crippen LogP contribution is -2.41. The molecule has 1 aromatic carbocycles. The predicted octanol–water partition coefficient (Wildman–Crippen LogP) is 2.42. The third kappa shape index (κ3) is 5.43. The van der Waals surface area contributed by atoms with Gasteiger partial charge in [-0.25, -0.2) is 4.79 Å². The first-order valence-corrected chi connectivity index (χ1v) is 9.52. The molecule has 0 radical (unpaired) electrons. The Morgan fingerprint density at radius 2 is 1.94 bits per heavy atom. The monoisotopic (exact) mass is 426 g/mol. The van der Waals surface area contributed by atoms with Crippen LogP contribution in [0.2, 0.25) is 0 Å². The molecule has 0 saturated carbocycles. The number of morpholine rings is 1. The van der Waals surface area contributed by atoms with Gasteiger partial charge < -0.3 is 28.3 Å². The van der Waals surface area contributed by atoms with Gasteiger partial charge in [0.2, 0.25) is 5.76 Å². The lowest BCUT2D eigenvalue weighted by atomic mass is 10.1. The lowest BCUT2D eigenvalue weighted by Gasteiger charge is -2.26. The van der Waals surface area contributed by atoms with E-state index in [0.717, 1.165) is 0 Å². The number of amides is 1. The fraction of sp³-hybridized carbons (Fsp3) is 0.318. The highest BCUT2D eigenvalue weighted by molar-refractivity contribution is 6.01.